The van der Waals surface area contributed by atoms with Crippen molar-refractivity contribution in [3.8, 4) is 0 Å². The highest BCUT2D eigenvalue weighted by Crippen LogP contribution is 2.16. The maximum atomic E-state index is 12.5. The molecular weight excluding hydrogens is 298 g/mol. The van der Waals surface area contributed by atoms with E-state index in [2.05, 4.69) is 10.3 Å². The molecule has 1 aromatic heterocycles. The minimum Gasteiger partial charge on any atom is -0.353 e. The van der Waals surface area contributed by atoms with E-state index in [4.69, 9.17) is 0 Å². The molecule has 2 aromatic rings. The number of aryl methyl sites for hydroxylation is 1. The Hall–Kier alpha value is -1.82. The predicted molar refractivity (Wildman–Crippen MR) is 90.3 cm³/mol. The molecule has 0 fully saturated rings. The van der Waals surface area contributed by atoms with Crippen LogP contribution in [-0.4, -0.2) is 27.3 Å². The van der Waals surface area contributed by atoms with E-state index in [1.165, 1.54) is 11.8 Å². The van der Waals surface area contributed by atoms with Crippen LogP contribution in [0, 0.1) is 0 Å². The van der Waals surface area contributed by atoms with Gasteiger partial charge in [0.1, 0.15) is 0 Å². The third-order valence-corrected chi connectivity index (χ3v) is 4.44. The second-order valence-corrected chi connectivity index (χ2v) is 6.08. The first-order valence-corrected chi connectivity index (χ1v) is 8.47. The topological polar surface area (TPSA) is 64.0 Å². The zero-order valence-electron chi connectivity index (χ0n) is 13.1. The first-order chi connectivity index (χ1) is 10.6. The highest BCUT2D eigenvalue weighted by molar-refractivity contribution is 7.99. The third kappa shape index (κ3) is 3.68. The molecule has 1 unspecified atom stereocenters. The fourth-order valence-corrected chi connectivity index (χ4v) is 2.88. The van der Waals surface area contributed by atoms with E-state index in [0.717, 1.165) is 17.5 Å². The van der Waals surface area contributed by atoms with Gasteiger partial charge in [0.05, 0.1) is 16.8 Å². The summed E-state index contributed by atoms with van der Waals surface area (Å²) in [6.45, 7) is 6.48. The van der Waals surface area contributed by atoms with Gasteiger partial charge >= 0.3 is 0 Å². The van der Waals surface area contributed by atoms with Gasteiger partial charge in [0.15, 0.2) is 5.03 Å². The van der Waals surface area contributed by atoms with E-state index in [0.29, 0.717) is 11.6 Å². The molecule has 0 saturated heterocycles. The quantitative estimate of drug-likeness (QED) is 0.831. The molecule has 1 amide bonds. The van der Waals surface area contributed by atoms with Gasteiger partial charge < -0.3 is 9.88 Å². The van der Waals surface area contributed by atoms with Crippen LogP contribution in [0.3, 0.4) is 0 Å². The molecule has 2 rings (SSSR count). The van der Waals surface area contributed by atoms with Crippen molar-refractivity contribution in [3.63, 3.8) is 0 Å². The first-order valence-electron chi connectivity index (χ1n) is 7.48. The molecule has 0 bridgehead atoms. The fraction of sp³-hybridized carbons (Fsp3) is 0.438. The number of amides is 1. The van der Waals surface area contributed by atoms with Crippen molar-refractivity contribution in [2.45, 2.75) is 44.8 Å². The Morgan fingerprint density at radius 1 is 1.36 bits per heavy atom. The van der Waals surface area contributed by atoms with Crippen molar-refractivity contribution in [2.75, 3.05) is 5.75 Å². The van der Waals surface area contributed by atoms with Crippen LogP contribution in [0.2, 0.25) is 0 Å². The molecule has 5 nitrogen and oxygen atoms in total. The summed E-state index contributed by atoms with van der Waals surface area (Å²) in [5.41, 5.74) is 1.46. The van der Waals surface area contributed by atoms with E-state index >= 15 is 0 Å². The van der Waals surface area contributed by atoms with Crippen molar-refractivity contribution in [3.05, 3.63) is 34.6 Å². The van der Waals surface area contributed by atoms with E-state index in [1.807, 2.05) is 45.0 Å². The van der Waals surface area contributed by atoms with Crippen LogP contribution in [0.4, 0.5) is 0 Å². The molecular formula is C16H21N3O2S. The van der Waals surface area contributed by atoms with E-state index in [-0.39, 0.29) is 23.3 Å². The average Bonchev–Trinajstić information content (AvgIpc) is 2.52. The van der Waals surface area contributed by atoms with Gasteiger partial charge in [0, 0.05) is 12.6 Å². The number of rotatable bonds is 6. The molecule has 22 heavy (non-hydrogen) atoms. The monoisotopic (exact) mass is 319 g/mol. The van der Waals surface area contributed by atoms with Crippen LogP contribution < -0.4 is 10.9 Å². The third-order valence-electron chi connectivity index (χ3n) is 3.50. The minimum atomic E-state index is -0.137. The molecule has 0 aliphatic heterocycles. The Morgan fingerprint density at radius 2 is 2.09 bits per heavy atom. The van der Waals surface area contributed by atoms with Gasteiger partial charge in [-0.3, -0.25) is 9.59 Å². The van der Waals surface area contributed by atoms with Crippen molar-refractivity contribution >= 4 is 28.7 Å². The van der Waals surface area contributed by atoms with Crippen LogP contribution in [0.1, 0.15) is 27.2 Å². The van der Waals surface area contributed by atoms with E-state index in [9.17, 15) is 9.59 Å². The maximum absolute atomic E-state index is 12.5. The zero-order chi connectivity index (χ0) is 16.1. The molecule has 1 heterocycles. The molecule has 118 valence electrons. The largest absolute Gasteiger partial charge is 0.353 e. The normalized spacial score (nSPS) is 12.3. The lowest BCUT2D eigenvalue weighted by molar-refractivity contribution is -0.119. The van der Waals surface area contributed by atoms with Crippen LogP contribution >= 0.6 is 11.8 Å². The molecule has 0 radical (unpaired) electrons. The number of carbonyl (C=O) groups excluding carboxylic acids is 1. The molecule has 0 spiro atoms. The molecule has 1 atom stereocenters. The maximum Gasteiger partial charge on any atom is 0.283 e. The Balaban J connectivity index is 2.23. The summed E-state index contributed by atoms with van der Waals surface area (Å²) in [6.07, 6.45) is 0.882. The number of thioether (sulfide) groups is 1. The van der Waals surface area contributed by atoms with Gasteiger partial charge in [-0.1, -0.05) is 30.8 Å². The Bertz CT molecular complexity index is 727. The number of nitrogens with one attached hydrogen (secondary N) is 1. The van der Waals surface area contributed by atoms with Gasteiger partial charge in [-0.05, 0) is 32.4 Å². The number of hydrogen-bond donors (Lipinski definition) is 1. The first kappa shape index (κ1) is 16.5. The lowest BCUT2D eigenvalue weighted by Crippen LogP contribution is -2.33. The van der Waals surface area contributed by atoms with Crippen molar-refractivity contribution in [1.82, 2.24) is 14.9 Å². The summed E-state index contributed by atoms with van der Waals surface area (Å²) in [4.78, 5) is 28.7. The average molecular weight is 319 g/mol. The van der Waals surface area contributed by atoms with Gasteiger partial charge in [-0.25, -0.2) is 4.98 Å². The van der Waals surface area contributed by atoms with Crippen LogP contribution in [0.5, 0.6) is 0 Å². The molecule has 0 aliphatic carbocycles. The Morgan fingerprint density at radius 3 is 2.77 bits per heavy atom. The second kappa shape index (κ2) is 7.45. The summed E-state index contributed by atoms with van der Waals surface area (Å²) >= 11 is 1.20. The summed E-state index contributed by atoms with van der Waals surface area (Å²) < 4.78 is 1.69. The zero-order valence-corrected chi connectivity index (χ0v) is 13.9. The minimum absolute atomic E-state index is 0.0724. The summed E-state index contributed by atoms with van der Waals surface area (Å²) in [6, 6.07) is 7.69. The van der Waals surface area contributed by atoms with Gasteiger partial charge in [0.2, 0.25) is 5.91 Å². The molecule has 1 aromatic carbocycles. The standard InChI is InChI=1S/C16H21N3O2S/c1-4-11(3)17-14(20)10-22-15-16(21)19(5-2)13-9-7-6-8-12(13)18-15/h6-9,11H,4-5,10H2,1-3H3,(H,17,20). The molecule has 6 heteroatoms. The molecule has 0 saturated carbocycles. The van der Waals surface area contributed by atoms with Crippen molar-refractivity contribution in [1.29, 1.82) is 0 Å². The smallest absolute Gasteiger partial charge is 0.283 e. The second-order valence-electron chi connectivity index (χ2n) is 5.12. The van der Waals surface area contributed by atoms with Crippen molar-refractivity contribution < 1.29 is 4.79 Å². The SMILES string of the molecule is CCC(C)NC(=O)CSc1nc2ccccc2n(CC)c1=O. The summed E-state index contributed by atoms with van der Waals surface area (Å²) in [5, 5.41) is 3.26. The van der Waals surface area contributed by atoms with Gasteiger partial charge in [-0.15, -0.1) is 0 Å². The lowest BCUT2D eigenvalue weighted by Gasteiger charge is -2.12. The predicted octanol–water partition coefficient (Wildman–Crippen LogP) is 2.42. The highest BCUT2D eigenvalue weighted by Gasteiger charge is 2.13. The van der Waals surface area contributed by atoms with Crippen molar-refractivity contribution in [2.24, 2.45) is 0 Å². The highest BCUT2D eigenvalue weighted by atomic mass is 32.2. The van der Waals surface area contributed by atoms with E-state index in [1.54, 1.807) is 4.57 Å². The molecule has 1 N–H and O–H groups in total. The van der Waals surface area contributed by atoms with E-state index < -0.39 is 0 Å². The number of carbonyl (C=O) groups is 1. The van der Waals surface area contributed by atoms with Gasteiger partial charge in [0.25, 0.3) is 5.56 Å². The Labute approximate surface area is 134 Å². The number of para-hydroxylation sites is 2. The number of nitrogens with zero attached hydrogens (tertiary/aromatic N) is 2. The Kier molecular flexibility index (Phi) is 5.60. The number of benzene rings is 1. The van der Waals surface area contributed by atoms with Crippen LogP contribution in [-0.2, 0) is 11.3 Å². The lowest BCUT2D eigenvalue weighted by atomic mass is 10.3. The number of fused-ring (bicyclic) bond motifs is 1. The number of hydrogen-bond acceptors (Lipinski definition) is 4. The fourth-order valence-electron chi connectivity index (χ4n) is 2.13. The number of aromatic nitrogens is 2. The summed E-state index contributed by atoms with van der Waals surface area (Å²) in [7, 11) is 0. The van der Waals surface area contributed by atoms with Crippen LogP contribution in [0.15, 0.2) is 34.1 Å². The van der Waals surface area contributed by atoms with Crippen LogP contribution in [0.25, 0.3) is 11.0 Å². The van der Waals surface area contributed by atoms with Gasteiger partial charge in [-0.2, -0.15) is 0 Å². The summed E-state index contributed by atoms with van der Waals surface area (Å²) in [5.74, 6) is 0.131. The molecule has 0 aliphatic rings.